The highest BCUT2D eigenvalue weighted by Gasteiger charge is 2.33. The van der Waals surface area contributed by atoms with Gasteiger partial charge in [-0.15, -0.1) is 5.10 Å². The Labute approximate surface area is 140 Å². The average Bonchev–Trinajstić information content (AvgIpc) is 2.57. The molecule has 0 radical (unpaired) electrons. The molecule has 6 heteroatoms. The van der Waals surface area contributed by atoms with Gasteiger partial charge < -0.3 is 15.0 Å². The number of hydrogen-bond acceptors (Lipinski definition) is 5. The summed E-state index contributed by atoms with van der Waals surface area (Å²) in [4.78, 5) is 14.7. The summed E-state index contributed by atoms with van der Waals surface area (Å²) in [7, 11) is 0. The van der Waals surface area contributed by atoms with Gasteiger partial charge >= 0.3 is 0 Å². The number of nitrogens with zero attached hydrogens (tertiary/aromatic N) is 3. The molecule has 0 saturated carbocycles. The normalized spacial score (nSPS) is 20.2. The predicted molar refractivity (Wildman–Crippen MR) is 89.8 cm³/mol. The highest BCUT2D eigenvalue weighted by atomic mass is 16.5. The molecule has 1 fully saturated rings. The molecular weight excluding hydrogens is 304 g/mol. The number of benzene rings is 1. The molecule has 0 spiro atoms. The number of aromatic nitrogens is 2. The summed E-state index contributed by atoms with van der Waals surface area (Å²) in [5.74, 6) is 0.795. The number of amides is 1. The van der Waals surface area contributed by atoms with Gasteiger partial charge in [-0.2, -0.15) is 5.10 Å². The smallest absolute Gasteiger partial charge is 0.254 e. The van der Waals surface area contributed by atoms with Crippen LogP contribution in [0.4, 0.5) is 5.82 Å². The van der Waals surface area contributed by atoms with E-state index < -0.39 is 6.10 Å². The molecule has 2 aliphatic rings. The Morgan fingerprint density at radius 1 is 1.33 bits per heavy atom. The van der Waals surface area contributed by atoms with Gasteiger partial charge in [-0.05, 0) is 36.6 Å². The fourth-order valence-corrected chi connectivity index (χ4v) is 3.28. The first-order valence-electron chi connectivity index (χ1n) is 8.25. The number of fused-ring (bicyclic) bond motifs is 1. The van der Waals surface area contributed by atoms with E-state index in [1.54, 1.807) is 6.20 Å². The van der Waals surface area contributed by atoms with Crippen LogP contribution in [0.3, 0.4) is 0 Å². The molecule has 1 aromatic heterocycles. The summed E-state index contributed by atoms with van der Waals surface area (Å²) in [6, 6.07) is 10.2. The molecule has 4 rings (SSSR count). The number of carbonyl (C=O) groups excluding carboxylic acids is 1. The van der Waals surface area contributed by atoms with Gasteiger partial charge in [0.1, 0.15) is 0 Å². The van der Waals surface area contributed by atoms with Crippen molar-refractivity contribution in [2.24, 2.45) is 0 Å². The van der Waals surface area contributed by atoms with Crippen LogP contribution in [-0.4, -0.2) is 41.8 Å². The zero-order valence-electron chi connectivity index (χ0n) is 13.6. The average molecular weight is 324 g/mol. The third-order valence-electron chi connectivity index (χ3n) is 4.59. The maximum absolute atomic E-state index is 12.6. The Morgan fingerprint density at radius 3 is 3.00 bits per heavy atom. The minimum Gasteiger partial charge on any atom is -0.363 e. The molecule has 1 N–H and O–H groups in total. The number of hydrogen-bond donors (Lipinski definition) is 1. The molecule has 1 aromatic carbocycles. The van der Waals surface area contributed by atoms with Crippen LogP contribution in [-0.2, 0) is 16.0 Å². The van der Waals surface area contributed by atoms with Crippen molar-refractivity contribution >= 4 is 11.7 Å². The van der Waals surface area contributed by atoms with E-state index in [1.165, 1.54) is 5.56 Å². The van der Waals surface area contributed by atoms with Crippen LogP contribution >= 0.6 is 0 Å². The van der Waals surface area contributed by atoms with Gasteiger partial charge in [-0.1, -0.05) is 23.8 Å². The maximum Gasteiger partial charge on any atom is 0.254 e. The molecule has 1 unspecified atom stereocenters. The van der Waals surface area contributed by atoms with Gasteiger partial charge in [0.05, 0.1) is 12.6 Å². The zero-order valence-corrected chi connectivity index (χ0v) is 13.6. The molecule has 124 valence electrons. The Morgan fingerprint density at radius 2 is 2.21 bits per heavy atom. The first-order chi connectivity index (χ1) is 11.7. The summed E-state index contributed by atoms with van der Waals surface area (Å²) in [6.45, 7) is 4.12. The van der Waals surface area contributed by atoms with Gasteiger partial charge in [-0.25, -0.2) is 0 Å². The first-order valence-corrected chi connectivity index (χ1v) is 8.25. The second-order valence-electron chi connectivity index (χ2n) is 6.40. The summed E-state index contributed by atoms with van der Waals surface area (Å²) in [5, 5.41) is 11.1. The topological polar surface area (TPSA) is 67.4 Å². The number of carbonyl (C=O) groups is 1. The standard InChI is InChI=1S/C18H20N4O2/c1-12-4-5-13-6-8-24-17(15(13)9-12)18(23)20-14-10-22(11-14)16-3-2-7-19-21-16/h2-5,7,9,14,17H,6,8,10-11H2,1H3,(H,20,23). The van der Waals surface area contributed by atoms with Crippen molar-refractivity contribution in [2.45, 2.75) is 25.5 Å². The predicted octanol–water partition coefficient (Wildman–Crippen LogP) is 1.40. The Hall–Kier alpha value is -2.47. The highest BCUT2D eigenvalue weighted by molar-refractivity contribution is 5.83. The van der Waals surface area contributed by atoms with Crippen LogP contribution in [0.15, 0.2) is 36.5 Å². The van der Waals surface area contributed by atoms with Crippen molar-refractivity contribution in [3.05, 3.63) is 53.2 Å². The van der Waals surface area contributed by atoms with Crippen LogP contribution in [0, 0.1) is 6.92 Å². The fraction of sp³-hybridized carbons (Fsp3) is 0.389. The lowest BCUT2D eigenvalue weighted by Gasteiger charge is -2.40. The molecule has 24 heavy (non-hydrogen) atoms. The minimum atomic E-state index is -0.501. The molecule has 6 nitrogen and oxygen atoms in total. The second kappa shape index (κ2) is 6.20. The number of aryl methyl sites for hydroxylation is 1. The summed E-state index contributed by atoms with van der Waals surface area (Å²) in [5.41, 5.74) is 3.36. The second-order valence-corrected chi connectivity index (χ2v) is 6.40. The van der Waals surface area contributed by atoms with Gasteiger partial charge in [0.2, 0.25) is 0 Å². The molecule has 0 aliphatic carbocycles. The first kappa shape index (κ1) is 15.1. The van der Waals surface area contributed by atoms with E-state index in [9.17, 15) is 4.79 Å². The third-order valence-corrected chi connectivity index (χ3v) is 4.59. The van der Waals surface area contributed by atoms with Crippen LogP contribution in [0.1, 0.15) is 22.8 Å². The van der Waals surface area contributed by atoms with E-state index in [0.29, 0.717) is 6.61 Å². The monoisotopic (exact) mass is 324 g/mol. The third kappa shape index (κ3) is 2.85. The van der Waals surface area contributed by atoms with Crippen molar-refractivity contribution in [1.29, 1.82) is 0 Å². The number of nitrogens with one attached hydrogen (secondary N) is 1. The van der Waals surface area contributed by atoms with E-state index in [4.69, 9.17) is 4.74 Å². The SMILES string of the molecule is Cc1ccc2c(c1)C(C(=O)NC1CN(c3cccnn3)C1)OCC2. The molecule has 1 saturated heterocycles. The molecule has 1 atom stereocenters. The fourth-order valence-electron chi connectivity index (χ4n) is 3.28. The van der Waals surface area contributed by atoms with Crippen LogP contribution in [0.2, 0.25) is 0 Å². The molecule has 2 aliphatic heterocycles. The highest BCUT2D eigenvalue weighted by Crippen LogP contribution is 2.28. The van der Waals surface area contributed by atoms with Gasteiger partial charge in [0, 0.05) is 19.3 Å². The van der Waals surface area contributed by atoms with Crippen LogP contribution in [0.25, 0.3) is 0 Å². The van der Waals surface area contributed by atoms with Gasteiger partial charge in [0.25, 0.3) is 5.91 Å². The molecular formula is C18H20N4O2. The maximum atomic E-state index is 12.6. The van der Waals surface area contributed by atoms with E-state index in [1.807, 2.05) is 19.1 Å². The summed E-state index contributed by atoms with van der Waals surface area (Å²) in [6.07, 6.45) is 2.02. The van der Waals surface area contributed by atoms with Crippen molar-refractivity contribution < 1.29 is 9.53 Å². The molecule has 3 heterocycles. The van der Waals surface area contributed by atoms with E-state index in [-0.39, 0.29) is 11.9 Å². The Kier molecular flexibility index (Phi) is 3.90. The summed E-state index contributed by atoms with van der Waals surface area (Å²) >= 11 is 0. The Balaban J connectivity index is 1.39. The van der Waals surface area contributed by atoms with E-state index in [2.05, 4.69) is 38.6 Å². The number of ether oxygens (including phenoxy) is 1. The lowest BCUT2D eigenvalue weighted by molar-refractivity contribution is -0.135. The Bertz CT molecular complexity index is 744. The van der Waals surface area contributed by atoms with Crippen molar-refractivity contribution in [3.63, 3.8) is 0 Å². The minimum absolute atomic E-state index is 0.0506. The summed E-state index contributed by atoms with van der Waals surface area (Å²) < 4.78 is 5.75. The van der Waals surface area contributed by atoms with Crippen molar-refractivity contribution in [1.82, 2.24) is 15.5 Å². The van der Waals surface area contributed by atoms with E-state index in [0.717, 1.165) is 36.5 Å². The van der Waals surface area contributed by atoms with Crippen molar-refractivity contribution in [2.75, 3.05) is 24.6 Å². The van der Waals surface area contributed by atoms with Gasteiger partial charge in [0.15, 0.2) is 11.9 Å². The van der Waals surface area contributed by atoms with Crippen molar-refractivity contribution in [3.8, 4) is 0 Å². The lowest BCUT2D eigenvalue weighted by Crippen LogP contribution is -2.60. The number of anilines is 1. The molecule has 2 aromatic rings. The quantitative estimate of drug-likeness (QED) is 0.924. The van der Waals surface area contributed by atoms with Gasteiger partial charge in [-0.3, -0.25) is 4.79 Å². The largest absolute Gasteiger partial charge is 0.363 e. The zero-order chi connectivity index (χ0) is 16.5. The lowest BCUT2D eigenvalue weighted by atomic mass is 9.95. The molecule has 1 amide bonds. The van der Waals surface area contributed by atoms with Crippen LogP contribution in [0.5, 0.6) is 0 Å². The van der Waals surface area contributed by atoms with E-state index >= 15 is 0 Å². The van der Waals surface area contributed by atoms with Crippen LogP contribution < -0.4 is 10.2 Å². The number of rotatable bonds is 3. The molecule has 0 bridgehead atoms.